The van der Waals surface area contributed by atoms with Gasteiger partial charge >= 0.3 is 5.97 Å². The van der Waals surface area contributed by atoms with Crippen molar-refractivity contribution in [3.05, 3.63) is 66.5 Å². The third kappa shape index (κ3) is 2.97. The molecule has 4 aromatic rings. The Bertz CT molecular complexity index is 1020. The Morgan fingerprint density at radius 1 is 1.04 bits per heavy atom. The van der Waals surface area contributed by atoms with Crippen LogP contribution in [0.3, 0.4) is 0 Å². The molecule has 0 saturated heterocycles. The summed E-state index contributed by atoms with van der Waals surface area (Å²) in [5.74, 6) is -0.375. The number of nitrogens with zero attached hydrogens (tertiary/aromatic N) is 1. The van der Waals surface area contributed by atoms with E-state index in [0.29, 0.717) is 5.69 Å². The summed E-state index contributed by atoms with van der Waals surface area (Å²) in [6, 6.07) is 17.7. The zero-order chi connectivity index (χ0) is 17.2. The van der Waals surface area contributed by atoms with E-state index in [1.165, 1.54) is 7.11 Å². The quantitative estimate of drug-likeness (QED) is 0.492. The standard InChI is InChI=1S/C19H16N4O2/c1-25-19(24)18-10-13-4-7-15(11-17(13)22-18)21-14-5-2-12(3-6-14)16-8-9-20-23-16/h2-11,21-22H,1H3,(H,20,23). The van der Waals surface area contributed by atoms with Gasteiger partial charge in [0.15, 0.2) is 0 Å². The topological polar surface area (TPSA) is 82.8 Å². The van der Waals surface area contributed by atoms with Gasteiger partial charge in [-0.2, -0.15) is 5.10 Å². The normalized spacial score (nSPS) is 10.8. The van der Waals surface area contributed by atoms with Gasteiger partial charge in [0.2, 0.25) is 0 Å². The Balaban J connectivity index is 1.56. The summed E-state index contributed by atoms with van der Waals surface area (Å²) in [5.41, 5.74) is 5.28. The SMILES string of the molecule is COC(=O)c1cc2ccc(Nc3ccc(-c4ccn[nH]4)cc3)cc2[nH]1. The van der Waals surface area contributed by atoms with E-state index in [4.69, 9.17) is 4.74 Å². The molecule has 0 aliphatic carbocycles. The second-order valence-corrected chi connectivity index (χ2v) is 5.65. The molecule has 0 aliphatic heterocycles. The third-order valence-electron chi connectivity index (χ3n) is 4.01. The number of benzene rings is 2. The van der Waals surface area contributed by atoms with Crippen molar-refractivity contribution in [3.63, 3.8) is 0 Å². The van der Waals surface area contributed by atoms with Crippen LogP contribution >= 0.6 is 0 Å². The van der Waals surface area contributed by atoms with Crippen LogP contribution < -0.4 is 5.32 Å². The molecular weight excluding hydrogens is 316 g/mol. The molecule has 124 valence electrons. The van der Waals surface area contributed by atoms with Crippen LogP contribution in [0, 0.1) is 0 Å². The van der Waals surface area contributed by atoms with Crippen LogP contribution in [-0.2, 0) is 4.74 Å². The van der Waals surface area contributed by atoms with Crippen molar-refractivity contribution in [2.75, 3.05) is 12.4 Å². The highest BCUT2D eigenvalue weighted by molar-refractivity contribution is 5.95. The van der Waals surface area contributed by atoms with Crippen molar-refractivity contribution in [1.29, 1.82) is 0 Å². The van der Waals surface area contributed by atoms with Crippen molar-refractivity contribution in [2.45, 2.75) is 0 Å². The van der Waals surface area contributed by atoms with Crippen LogP contribution in [0.5, 0.6) is 0 Å². The number of rotatable bonds is 4. The van der Waals surface area contributed by atoms with Crippen LogP contribution in [0.25, 0.3) is 22.2 Å². The molecule has 0 bridgehead atoms. The van der Waals surface area contributed by atoms with Crippen LogP contribution in [0.15, 0.2) is 60.8 Å². The molecule has 3 N–H and O–H groups in total. The number of ether oxygens (including phenoxy) is 1. The largest absolute Gasteiger partial charge is 0.464 e. The van der Waals surface area contributed by atoms with E-state index in [1.54, 1.807) is 12.3 Å². The molecule has 25 heavy (non-hydrogen) atoms. The van der Waals surface area contributed by atoms with E-state index in [9.17, 15) is 4.79 Å². The number of hydrogen-bond acceptors (Lipinski definition) is 4. The predicted octanol–water partition coefficient (Wildman–Crippen LogP) is 4.09. The van der Waals surface area contributed by atoms with Crippen LogP contribution in [-0.4, -0.2) is 28.3 Å². The van der Waals surface area contributed by atoms with Gasteiger partial charge in [0.05, 0.1) is 12.8 Å². The first kappa shape index (κ1) is 15.0. The third-order valence-corrected chi connectivity index (χ3v) is 4.01. The highest BCUT2D eigenvalue weighted by atomic mass is 16.5. The lowest BCUT2D eigenvalue weighted by Crippen LogP contribution is -2.00. The summed E-state index contributed by atoms with van der Waals surface area (Å²) in [4.78, 5) is 14.7. The molecule has 0 aliphatic rings. The molecule has 0 atom stereocenters. The van der Waals surface area contributed by atoms with Crippen molar-refractivity contribution >= 4 is 28.2 Å². The number of carbonyl (C=O) groups excluding carboxylic acids is 1. The molecule has 6 heteroatoms. The monoisotopic (exact) mass is 332 g/mol. The van der Waals surface area contributed by atoms with Gasteiger partial charge in [-0.05, 0) is 42.0 Å². The van der Waals surface area contributed by atoms with E-state index in [-0.39, 0.29) is 5.97 Å². The number of aromatic amines is 2. The fraction of sp³-hybridized carbons (Fsp3) is 0.0526. The summed E-state index contributed by atoms with van der Waals surface area (Å²) in [6.45, 7) is 0. The van der Waals surface area contributed by atoms with Gasteiger partial charge in [-0.25, -0.2) is 4.79 Å². The lowest BCUT2D eigenvalue weighted by Gasteiger charge is -2.07. The number of nitrogens with one attached hydrogen (secondary N) is 3. The highest BCUT2D eigenvalue weighted by Crippen LogP contribution is 2.25. The molecule has 0 radical (unpaired) electrons. The van der Waals surface area contributed by atoms with Gasteiger partial charge in [-0.1, -0.05) is 18.2 Å². The van der Waals surface area contributed by atoms with Crippen molar-refractivity contribution in [3.8, 4) is 11.3 Å². The molecule has 4 rings (SSSR count). The average Bonchev–Trinajstić information content (AvgIpc) is 3.31. The maximum Gasteiger partial charge on any atom is 0.354 e. The Morgan fingerprint density at radius 3 is 2.56 bits per heavy atom. The van der Waals surface area contributed by atoms with Gasteiger partial charge in [0, 0.05) is 28.5 Å². The molecule has 0 spiro atoms. The minimum absolute atomic E-state index is 0.375. The molecule has 0 unspecified atom stereocenters. The summed E-state index contributed by atoms with van der Waals surface area (Å²) < 4.78 is 4.74. The Morgan fingerprint density at radius 2 is 1.84 bits per heavy atom. The summed E-state index contributed by atoms with van der Waals surface area (Å²) in [6.07, 6.45) is 1.73. The zero-order valence-electron chi connectivity index (χ0n) is 13.5. The van der Waals surface area contributed by atoms with Gasteiger partial charge in [-0.15, -0.1) is 0 Å². The second kappa shape index (κ2) is 6.16. The van der Waals surface area contributed by atoms with Crippen molar-refractivity contribution in [2.24, 2.45) is 0 Å². The van der Waals surface area contributed by atoms with E-state index in [1.807, 2.05) is 48.5 Å². The van der Waals surface area contributed by atoms with Crippen LogP contribution in [0.2, 0.25) is 0 Å². The van der Waals surface area contributed by atoms with Crippen LogP contribution in [0.4, 0.5) is 11.4 Å². The lowest BCUT2D eigenvalue weighted by atomic mass is 10.1. The maximum atomic E-state index is 11.6. The Hall–Kier alpha value is -3.54. The van der Waals surface area contributed by atoms with Gasteiger partial charge in [0.25, 0.3) is 0 Å². The first-order valence-electron chi connectivity index (χ1n) is 7.81. The first-order chi connectivity index (χ1) is 12.2. The lowest BCUT2D eigenvalue weighted by molar-refractivity contribution is 0.0595. The molecule has 2 aromatic heterocycles. The fourth-order valence-electron chi connectivity index (χ4n) is 2.74. The van der Waals surface area contributed by atoms with E-state index < -0.39 is 0 Å². The number of aromatic nitrogens is 3. The minimum atomic E-state index is -0.375. The van der Waals surface area contributed by atoms with E-state index in [0.717, 1.165) is 33.5 Å². The van der Waals surface area contributed by atoms with Crippen LogP contribution in [0.1, 0.15) is 10.5 Å². The maximum absolute atomic E-state index is 11.6. The van der Waals surface area contributed by atoms with Gasteiger partial charge in [0.1, 0.15) is 5.69 Å². The number of carbonyl (C=O) groups is 1. The van der Waals surface area contributed by atoms with E-state index in [2.05, 4.69) is 20.5 Å². The van der Waals surface area contributed by atoms with Crippen molar-refractivity contribution in [1.82, 2.24) is 15.2 Å². The first-order valence-corrected chi connectivity index (χ1v) is 7.81. The number of esters is 1. The Kier molecular flexibility index (Phi) is 3.70. The smallest absolute Gasteiger partial charge is 0.354 e. The fourth-order valence-corrected chi connectivity index (χ4v) is 2.74. The summed E-state index contributed by atoms with van der Waals surface area (Å²) >= 11 is 0. The Labute approximate surface area is 143 Å². The van der Waals surface area contributed by atoms with Crippen molar-refractivity contribution < 1.29 is 9.53 Å². The van der Waals surface area contributed by atoms with Gasteiger partial charge < -0.3 is 15.0 Å². The average molecular weight is 332 g/mol. The number of methoxy groups -OCH3 is 1. The zero-order valence-corrected chi connectivity index (χ0v) is 13.5. The summed E-state index contributed by atoms with van der Waals surface area (Å²) in [7, 11) is 1.37. The van der Waals surface area contributed by atoms with Gasteiger partial charge in [-0.3, -0.25) is 5.10 Å². The molecule has 0 fully saturated rings. The van der Waals surface area contributed by atoms with E-state index >= 15 is 0 Å². The molecule has 2 heterocycles. The number of H-pyrrole nitrogens is 2. The molecule has 2 aromatic carbocycles. The molecule has 0 saturated carbocycles. The number of hydrogen-bond donors (Lipinski definition) is 3. The second-order valence-electron chi connectivity index (χ2n) is 5.65. The predicted molar refractivity (Wildman–Crippen MR) is 96.9 cm³/mol. The minimum Gasteiger partial charge on any atom is -0.464 e. The molecule has 0 amide bonds. The highest BCUT2D eigenvalue weighted by Gasteiger charge is 2.09. The number of fused-ring (bicyclic) bond motifs is 1. The molecule has 6 nitrogen and oxygen atoms in total. The number of anilines is 2. The summed E-state index contributed by atoms with van der Waals surface area (Å²) in [5, 5.41) is 11.2. The molecular formula is C19H16N4O2.